The number of nitrogens with one attached hydrogen (secondary N) is 3. The predicted octanol–water partition coefficient (Wildman–Crippen LogP) is 7.68. The zero-order valence-corrected chi connectivity index (χ0v) is 50.9. The number of sulfonamides is 2. The van der Waals surface area contributed by atoms with Crippen LogP contribution in [0.15, 0.2) is 101 Å². The number of carbonyl (C=O) groups is 1. The Bertz CT molecular complexity index is 3820. The number of nitrogens with zero attached hydrogens (tertiary/aromatic N) is 8. The van der Waals surface area contributed by atoms with Gasteiger partial charge in [-0.25, -0.2) is 26.5 Å². The van der Waals surface area contributed by atoms with Gasteiger partial charge in [-0.2, -0.15) is 9.29 Å². The van der Waals surface area contributed by atoms with Crippen molar-refractivity contribution >= 4 is 71.2 Å². The molecule has 6 fully saturated rings. The van der Waals surface area contributed by atoms with E-state index in [1.807, 2.05) is 48.2 Å². The van der Waals surface area contributed by atoms with E-state index in [4.69, 9.17) is 23.9 Å². The standard InChI is InChI=1S/C62H75N11O12S2/c1-40-6-4-5-7-47(40)54-38-70(87(80,81)46-33-55(82-3)58(65-37-46)69-25-28-83-29-26-69)23-24-71(54)44-34-62(35-44)18-21-68(22-19-62)43-8-10-48(51(31-43)72-50-15-27-84-39-56(50)85-60-53(72)30-42-14-20-63-57(42)66-60)59(74)67-86(78,79)45-9-11-49(52(32-45)73(76)77)64-36-41-12-16-61(2,75)17-13-41/h4-11,14,20,30-33,37,41,44,50,54,56,64,75H,12-13,15-19,21-29,34-36,38-39H2,1-3H3,(H,63,66)(H,67,74)/t41-,50-,54-,56-,61-/m0/s1. The van der Waals surface area contributed by atoms with E-state index in [1.54, 1.807) is 22.6 Å². The third kappa shape index (κ3) is 11.6. The first-order valence-corrected chi connectivity index (χ1v) is 33.2. The number of carbonyl (C=O) groups excluding carboxylic acids is 1. The molecule has 23 nitrogen and oxygen atoms in total. The normalized spacial score (nSPS) is 24.6. The number of aryl methyl sites for hydroxylation is 1. The number of hydrogen-bond acceptors (Lipinski definition) is 19. The number of piperidine rings is 1. The summed E-state index contributed by atoms with van der Waals surface area (Å²) in [5, 5.41) is 26.9. The lowest BCUT2D eigenvalue weighted by Crippen LogP contribution is -2.60. The van der Waals surface area contributed by atoms with Crippen molar-refractivity contribution in [2.75, 3.05) is 106 Å². The summed E-state index contributed by atoms with van der Waals surface area (Å²) in [5.74, 6) is 0.593. The molecule has 3 aromatic carbocycles. The van der Waals surface area contributed by atoms with Crippen molar-refractivity contribution in [1.82, 2.24) is 28.9 Å². The van der Waals surface area contributed by atoms with Crippen LogP contribution in [0.5, 0.6) is 11.6 Å². The van der Waals surface area contributed by atoms with E-state index in [0.717, 1.165) is 79.9 Å². The number of methoxy groups -OCH3 is 1. The molecule has 2 saturated carbocycles. The fourth-order valence-corrected chi connectivity index (χ4v) is 16.8. The number of rotatable bonds is 15. The minimum absolute atomic E-state index is 0.0655. The number of ether oxygens (including phenoxy) is 4. The molecule has 4 N–H and O–H groups in total. The number of benzene rings is 3. The van der Waals surface area contributed by atoms with Gasteiger partial charge >= 0.3 is 0 Å². The Hall–Kier alpha value is -7.13. The van der Waals surface area contributed by atoms with Crippen molar-refractivity contribution in [3.8, 4) is 11.6 Å². The first-order chi connectivity index (χ1) is 41.9. The first kappa shape index (κ1) is 58.9. The molecule has 1 amide bonds. The van der Waals surface area contributed by atoms with Gasteiger partial charge in [-0.1, -0.05) is 24.3 Å². The topological polar surface area (TPSA) is 267 Å². The van der Waals surface area contributed by atoms with Crippen molar-refractivity contribution in [3.63, 3.8) is 0 Å². The summed E-state index contributed by atoms with van der Waals surface area (Å²) < 4.78 is 85.4. The number of hydrogen-bond donors (Lipinski definition) is 4. The number of nitro groups is 1. The van der Waals surface area contributed by atoms with Crippen LogP contribution in [0.25, 0.3) is 11.0 Å². The van der Waals surface area contributed by atoms with Gasteiger partial charge in [0.25, 0.3) is 21.6 Å². The Morgan fingerprint density at radius 1 is 0.874 bits per heavy atom. The van der Waals surface area contributed by atoms with Gasteiger partial charge in [-0.05, 0) is 137 Å². The highest BCUT2D eigenvalue weighted by molar-refractivity contribution is 7.90. The first-order valence-electron chi connectivity index (χ1n) is 30.3. The molecule has 2 aliphatic carbocycles. The molecule has 462 valence electrons. The van der Waals surface area contributed by atoms with Crippen LogP contribution in [-0.2, 0) is 29.5 Å². The molecular weight excluding hydrogens is 1150 g/mol. The van der Waals surface area contributed by atoms with Gasteiger partial charge in [0.15, 0.2) is 11.6 Å². The molecule has 0 radical (unpaired) electrons. The minimum atomic E-state index is -4.68. The maximum absolute atomic E-state index is 14.9. The van der Waals surface area contributed by atoms with Crippen molar-refractivity contribution < 1.29 is 50.6 Å². The van der Waals surface area contributed by atoms with E-state index in [0.29, 0.717) is 106 Å². The number of morpholine rings is 1. The summed E-state index contributed by atoms with van der Waals surface area (Å²) in [5.41, 5.74) is 3.82. The highest BCUT2D eigenvalue weighted by Gasteiger charge is 2.51. The number of aromatic nitrogens is 3. The fraction of sp³-hybridized carbons (Fsp3) is 0.500. The molecule has 5 aliphatic heterocycles. The van der Waals surface area contributed by atoms with E-state index < -0.39 is 53.2 Å². The average molecular weight is 1230 g/mol. The van der Waals surface area contributed by atoms with E-state index in [-0.39, 0.29) is 58.8 Å². The van der Waals surface area contributed by atoms with Gasteiger partial charge in [0.2, 0.25) is 15.9 Å². The summed E-state index contributed by atoms with van der Waals surface area (Å²) in [6, 6.07) is 22.5. The molecule has 6 aromatic rings. The second kappa shape index (κ2) is 23.4. The van der Waals surface area contributed by atoms with Gasteiger partial charge in [0.1, 0.15) is 28.0 Å². The smallest absolute Gasteiger partial charge is 0.293 e. The van der Waals surface area contributed by atoms with E-state index in [1.165, 1.54) is 25.4 Å². The van der Waals surface area contributed by atoms with Gasteiger partial charge in [-0.15, -0.1) is 0 Å². The number of fused-ring (bicyclic) bond motifs is 3. The number of aromatic amines is 1. The van der Waals surface area contributed by atoms with Crippen LogP contribution in [0.4, 0.5) is 34.3 Å². The maximum atomic E-state index is 14.9. The fourth-order valence-electron chi connectivity index (χ4n) is 14.4. The summed E-state index contributed by atoms with van der Waals surface area (Å²) in [4.78, 5) is 47.9. The third-order valence-corrected chi connectivity index (χ3v) is 22.6. The highest BCUT2D eigenvalue weighted by atomic mass is 32.2. The molecule has 0 unspecified atom stereocenters. The van der Waals surface area contributed by atoms with Crippen LogP contribution >= 0.6 is 0 Å². The van der Waals surface area contributed by atoms with Crippen LogP contribution in [0.1, 0.15) is 92.2 Å². The van der Waals surface area contributed by atoms with Crippen LogP contribution < -0.4 is 34.2 Å². The monoisotopic (exact) mass is 1230 g/mol. The van der Waals surface area contributed by atoms with Crippen molar-refractivity contribution in [3.05, 3.63) is 118 Å². The Morgan fingerprint density at radius 3 is 2.41 bits per heavy atom. The molecular formula is C62H75N11O12S2. The lowest BCUT2D eigenvalue weighted by Gasteiger charge is -2.58. The number of amides is 1. The molecule has 13 rings (SSSR count). The van der Waals surface area contributed by atoms with Crippen LogP contribution in [0.2, 0.25) is 0 Å². The SMILES string of the molecule is COc1cc(S(=O)(=O)N2CCN(C3CC4(CCN(c5ccc(C(=O)NS(=O)(=O)c6ccc(NC[C@H]7CC[C@](C)(O)CC7)c([N+](=O)[O-])c6)c(N6c7cc8cc[nH]c8nc7O[C@H]7COCC[C@@H]76)c5)CC4)C3)[C@H](c3ccccc3C)C2)cnc1N1CCOCC1. The lowest BCUT2D eigenvalue weighted by atomic mass is 9.59. The average Bonchev–Trinajstić information content (AvgIpc) is 1.40. The zero-order chi connectivity index (χ0) is 60.4. The maximum Gasteiger partial charge on any atom is 0.293 e. The quantitative estimate of drug-likeness (QED) is 0.0567. The molecule has 3 aromatic heterocycles. The second-order valence-electron chi connectivity index (χ2n) is 24.9. The summed E-state index contributed by atoms with van der Waals surface area (Å²) >= 11 is 0. The predicted molar refractivity (Wildman–Crippen MR) is 327 cm³/mol. The third-order valence-electron chi connectivity index (χ3n) is 19.5. The number of H-pyrrole nitrogens is 1. The molecule has 4 saturated heterocycles. The van der Waals surface area contributed by atoms with Gasteiger partial charge in [0.05, 0.1) is 59.6 Å². The Morgan fingerprint density at radius 2 is 1.66 bits per heavy atom. The van der Waals surface area contributed by atoms with Crippen LogP contribution in [0.3, 0.4) is 0 Å². The van der Waals surface area contributed by atoms with Crippen molar-refractivity contribution in [1.29, 1.82) is 0 Å². The van der Waals surface area contributed by atoms with Crippen LogP contribution in [0, 0.1) is 28.4 Å². The Kier molecular flexibility index (Phi) is 15.9. The Labute approximate surface area is 506 Å². The number of pyridine rings is 2. The number of anilines is 5. The highest BCUT2D eigenvalue weighted by Crippen LogP contribution is 2.54. The van der Waals surface area contributed by atoms with Crippen molar-refractivity contribution in [2.45, 2.75) is 111 Å². The van der Waals surface area contributed by atoms with Gasteiger partial charge in [0, 0.05) is 107 Å². The molecule has 1 spiro atoms. The molecule has 0 bridgehead atoms. The van der Waals surface area contributed by atoms with Crippen LogP contribution in [-0.4, -0.2) is 167 Å². The number of aliphatic hydroxyl groups is 1. The van der Waals surface area contributed by atoms with E-state index in [2.05, 4.69) is 53.8 Å². The van der Waals surface area contributed by atoms with E-state index in [9.17, 15) is 36.9 Å². The molecule has 87 heavy (non-hydrogen) atoms. The second-order valence-corrected chi connectivity index (χ2v) is 28.5. The summed E-state index contributed by atoms with van der Waals surface area (Å²) in [6.07, 6.45) is 9.74. The minimum Gasteiger partial charge on any atom is -0.493 e. The molecule has 3 atom stereocenters. The number of piperazine rings is 1. The lowest BCUT2D eigenvalue weighted by molar-refractivity contribution is -0.384. The largest absolute Gasteiger partial charge is 0.493 e. The Balaban J connectivity index is 0.745. The van der Waals surface area contributed by atoms with Crippen molar-refractivity contribution in [2.24, 2.45) is 11.3 Å². The molecule has 8 heterocycles. The zero-order valence-electron chi connectivity index (χ0n) is 49.2. The van der Waals surface area contributed by atoms with E-state index >= 15 is 0 Å². The summed E-state index contributed by atoms with van der Waals surface area (Å²) in [6.45, 7) is 9.99. The van der Waals surface area contributed by atoms with Gasteiger partial charge < -0.3 is 49.1 Å². The molecule has 7 aliphatic rings. The van der Waals surface area contributed by atoms with Gasteiger partial charge in [-0.3, -0.25) is 19.8 Å². The molecule has 25 heteroatoms. The number of nitro benzene ring substituents is 1. The summed E-state index contributed by atoms with van der Waals surface area (Å²) in [7, 11) is -7.09.